The van der Waals surface area contributed by atoms with Crippen molar-refractivity contribution < 1.29 is 13.2 Å². The molecule has 0 fully saturated rings. The highest BCUT2D eigenvalue weighted by atomic mass is 32.2. The van der Waals surface area contributed by atoms with Gasteiger partial charge in [-0.2, -0.15) is 0 Å². The zero-order chi connectivity index (χ0) is 15.3. The van der Waals surface area contributed by atoms with E-state index in [-0.39, 0.29) is 18.0 Å². The van der Waals surface area contributed by atoms with E-state index >= 15 is 0 Å². The van der Waals surface area contributed by atoms with Crippen molar-refractivity contribution in [1.29, 1.82) is 0 Å². The molecule has 2 aromatic rings. The molecule has 2 rings (SSSR count). The SMILES string of the molecule is Cc1cccc(S(=O)(=O)NCCOc2ccccc2N)c1. The van der Waals surface area contributed by atoms with E-state index in [1.165, 1.54) is 0 Å². The van der Waals surface area contributed by atoms with Crippen molar-refractivity contribution >= 4 is 15.7 Å². The molecular formula is C15H18N2O3S. The highest BCUT2D eigenvalue weighted by Crippen LogP contribution is 2.19. The number of rotatable bonds is 6. The van der Waals surface area contributed by atoms with Crippen molar-refractivity contribution in [2.45, 2.75) is 11.8 Å². The third-order valence-corrected chi connectivity index (χ3v) is 4.33. The number of anilines is 1. The molecule has 0 saturated carbocycles. The van der Waals surface area contributed by atoms with Crippen LogP contribution in [0.1, 0.15) is 5.56 Å². The van der Waals surface area contributed by atoms with Crippen LogP contribution >= 0.6 is 0 Å². The topological polar surface area (TPSA) is 81.4 Å². The highest BCUT2D eigenvalue weighted by Gasteiger charge is 2.13. The summed E-state index contributed by atoms with van der Waals surface area (Å²) < 4.78 is 32.1. The Morgan fingerprint density at radius 1 is 1.14 bits per heavy atom. The lowest BCUT2D eigenvalue weighted by Crippen LogP contribution is -2.28. The monoisotopic (exact) mass is 306 g/mol. The fraction of sp³-hybridized carbons (Fsp3) is 0.200. The Balaban J connectivity index is 1.90. The zero-order valence-electron chi connectivity index (χ0n) is 11.7. The number of nitrogen functional groups attached to an aromatic ring is 1. The fourth-order valence-electron chi connectivity index (χ4n) is 1.81. The van der Waals surface area contributed by atoms with Gasteiger partial charge in [0.1, 0.15) is 12.4 Å². The number of benzene rings is 2. The molecular weight excluding hydrogens is 288 g/mol. The number of nitrogens with one attached hydrogen (secondary N) is 1. The summed E-state index contributed by atoms with van der Waals surface area (Å²) in [6.45, 7) is 2.23. The Morgan fingerprint density at radius 2 is 1.90 bits per heavy atom. The Morgan fingerprint density at radius 3 is 2.62 bits per heavy atom. The van der Waals surface area contributed by atoms with Crippen LogP contribution in [0, 0.1) is 6.92 Å². The van der Waals surface area contributed by atoms with Crippen molar-refractivity contribution in [3.05, 3.63) is 54.1 Å². The summed E-state index contributed by atoms with van der Waals surface area (Å²) in [6, 6.07) is 13.8. The van der Waals surface area contributed by atoms with Gasteiger partial charge in [0.15, 0.2) is 0 Å². The van der Waals surface area contributed by atoms with Gasteiger partial charge in [0.25, 0.3) is 0 Å². The molecule has 0 aliphatic heterocycles. The smallest absolute Gasteiger partial charge is 0.240 e. The minimum atomic E-state index is -3.51. The van der Waals surface area contributed by atoms with Gasteiger partial charge in [0.2, 0.25) is 10.0 Å². The van der Waals surface area contributed by atoms with Gasteiger partial charge in [-0.25, -0.2) is 13.1 Å². The van der Waals surface area contributed by atoms with Gasteiger partial charge in [-0.1, -0.05) is 24.3 Å². The number of ether oxygens (including phenoxy) is 1. The third kappa shape index (κ3) is 4.21. The Labute approximate surface area is 124 Å². The minimum absolute atomic E-state index is 0.171. The molecule has 2 aromatic carbocycles. The van der Waals surface area contributed by atoms with Crippen LogP contribution in [0.15, 0.2) is 53.4 Å². The van der Waals surface area contributed by atoms with Gasteiger partial charge in [0, 0.05) is 6.54 Å². The first-order valence-corrected chi connectivity index (χ1v) is 8.01. The number of hydrogen-bond donors (Lipinski definition) is 2. The molecule has 0 spiro atoms. The second-order valence-corrected chi connectivity index (χ2v) is 6.37. The molecule has 0 aliphatic carbocycles. The molecule has 0 radical (unpaired) electrons. The van der Waals surface area contributed by atoms with Crippen LogP contribution in [0.2, 0.25) is 0 Å². The molecule has 6 heteroatoms. The molecule has 0 bridgehead atoms. The van der Waals surface area contributed by atoms with Crippen LogP contribution in [-0.2, 0) is 10.0 Å². The lowest BCUT2D eigenvalue weighted by molar-refractivity contribution is 0.324. The van der Waals surface area contributed by atoms with E-state index in [1.807, 2.05) is 25.1 Å². The number of para-hydroxylation sites is 2. The maximum absolute atomic E-state index is 12.1. The maximum Gasteiger partial charge on any atom is 0.240 e. The van der Waals surface area contributed by atoms with Crippen molar-refractivity contribution in [1.82, 2.24) is 4.72 Å². The number of aryl methyl sites for hydroxylation is 1. The second kappa shape index (κ2) is 6.60. The Kier molecular flexibility index (Phi) is 4.82. The summed E-state index contributed by atoms with van der Waals surface area (Å²) >= 11 is 0. The number of hydrogen-bond acceptors (Lipinski definition) is 4. The quantitative estimate of drug-likeness (QED) is 0.631. The second-order valence-electron chi connectivity index (χ2n) is 4.60. The van der Waals surface area contributed by atoms with Gasteiger partial charge in [-0.15, -0.1) is 0 Å². The lowest BCUT2D eigenvalue weighted by Gasteiger charge is -2.10. The molecule has 0 aromatic heterocycles. The Bertz CT molecular complexity index is 714. The summed E-state index contributed by atoms with van der Waals surface area (Å²) in [5.74, 6) is 0.548. The van der Waals surface area contributed by atoms with Gasteiger partial charge >= 0.3 is 0 Å². The molecule has 0 atom stereocenters. The number of nitrogens with two attached hydrogens (primary N) is 1. The number of sulfonamides is 1. The molecule has 0 aliphatic rings. The predicted molar refractivity (Wildman–Crippen MR) is 82.7 cm³/mol. The average Bonchev–Trinajstić information content (AvgIpc) is 2.45. The molecule has 0 amide bonds. The first kappa shape index (κ1) is 15.3. The van der Waals surface area contributed by atoms with Crippen LogP contribution in [0.4, 0.5) is 5.69 Å². The third-order valence-electron chi connectivity index (χ3n) is 2.87. The normalized spacial score (nSPS) is 11.3. The van der Waals surface area contributed by atoms with E-state index in [4.69, 9.17) is 10.5 Å². The van der Waals surface area contributed by atoms with Crippen molar-refractivity contribution in [3.8, 4) is 5.75 Å². The largest absolute Gasteiger partial charge is 0.490 e. The van der Waals surface area contributed by atoms with E-state index in [0.29, 0.717) is 11.4 Å². The van der Waals surface area contributed by atoms with Crippen LogP contribution in [0.25, 0.3) is 0 Å². The molecule has 5 nitrogen and oxygen atoms in total. The van der Waals surface area contributed by atoms with Gasteiger partial charge in [-0.3, -0.25) is 0 Å². The van der Waals surface area contributed by atoms with Gasteiger partial charge in [0.05, 0.1) is 10.6 Å². The molecule has 0 heterocycles. The van der Waals surface area contributed by atoms with E-state index < -0.39 is 10.0 Å². The lowest BCUT2D eigenvalue weighted by atomic mass is 10.2. The van der Waals surface area contributed by atoms with Crippen LogP contribution < -0.4 is 15.2 Å². The van der Waals surface area contributed by atoms with E-state index in [0.717, 1.165) is 5.56 Å². The average molecular weight is 306 g/mol. The van der Waals surface area contributed by atoms with Gasteiger partial charge in [-0.05, 0) is 36.8 Å². The summed E-state index contributed by atoms with van der Waals surface area (Å²) in [5, 5.41) is 0. The van der Waals surface area contributed by atoms with Gasteiger partial charge < -0.3 is 10.5 Å². The van der Waals surface area contributed by atoms with Crippen LogP contribution in [-0.4, -0.2) is 21.6 Å². The predicted octanol–water partition coefficient (Wildman–Crippen LogP) is 1.93. The van der Waals surface area contributed by atoms with E-state index in [2.05, 4.69) is 4.72 Å². The first-order valence-electron chi connectivity index (χ1n) is 6.53. The summed E-state index contributed by atoms with van der Waals surface area (Å²) in [4.78, 5) is 0.252. The molecule has 112 valence electrons. The fourth-order valence-corrected chi connectivity index (χ4v) is 2.93. The molecule has 0 unspecified atom stereocenters. The van der Waals surface area contributed by atoms with E-state index in [9.17, 15) is 8.42 Å². The standard InChI is InChI=1S/C15H18N2O3S/c1-12-5-4-6-13(11-12)21(18,19)17-9-10-20-15-8-3-2-7-14(15)16/h2-8,11,17H,9-10,16H2,1H3. The van der Waals surface area contributed by atoms with Crippen molar-refractivity contribution in [3.63, 3.8) is 0 Å². The molecule has 21 heavy (non-hydrogen) atoms. The molecule has 3 N–H and O–H groups in total. The van der Waals surface area contributed by atoms with Crippen LogP contribution in [0.5, 0.6) is 5.75 Å². The maximum atomic E-state index is 12.1. The van der Waals surface area contributed by atoms with Crippen LogP contribution in [0.3, 0.4) is 0 Å². The Hall–Kier alpha value is -2.05. The van der Waals surface area contributed by atoms with Crippen molar-refractivity contribution in [2.24, 2.45) is 0 Å². The summed E-state index contributed by atoms with van der Waals surface area (Å²) in [6.07, 6.45) is 0. The molecule has 0 saturated heterocycles. The minimum Gasteiger partial charge on any atom is -0.490 e. The first-order chi connectivity index (χ1) is 9.99. The van der Waals surface area contributed by atoms with Crippen molar-refractivity contribution in [2.75, 3.05) is 18.9 Å². The zero-order valence-corrected chi connectivity index (χ0v) is 12.6. The summed E-state index contributed by atoms with van der Waals surface area (Å²) in [5.41, 5.74) is 7.15. The highest BCUT2D eigenvalue weighted by molar-refractivity contribution is 7.89. The van der Waals surface area contributed by atoms with E-state index in [1.54, 1.807) is 30.3 Å². The summed E-state index contributed by atoms with van der Waals surface area (Å²) in [7, 11) is -3.51.